The van der Waals surface area contributed by atoms with Gasteiger partial charge in [-0.25, -0.2) is 0 Å². The van der Waals surface area contributed by atoms with E-state index in [4.69, 9.17) is 4.42 Å². The number of nitro benzene ring substituents is 1. The molecule has 0 amide bonds. The predicted molar refractivity (Wildman–Crippen MR) is 59.8 cm³/mol. The van der Waals surface area contributed by atoms with E-state index in [1.165, 1.54) is 18.4 Å². The van der Waals surface area contributed by atoms with Crippen LogP contribution in [0.3, 0.4) is 0 Å². The van der Waals surface area contributed by atoms with Crippen LogP contribution < -0.4 is 0 Å². The number of furan rings is 1. The van der Waals surface area contributed by atoms with Crippen molar-refractivity contribution < 1.29 is 14.1 Å². The molecule has 86 valence electrons. The van der Waals surface area contributed by atoms with Crippen LogP contribution in [0.1, 0.15) is 16.1 Å². The van der Waals surface area contributed by atoms with E-state index in [0.29, 0.717) is 5.56 Å². The smallest absolute Gasteiger partial charge is 0.273 e. The van der Waals surface area contributed by atoms with Crippen molar-refractivity contribution >= 4 is 11.5 Å². The minimum atomic E-state index is -0.495. The fraction of sp³-hybridized carbons (Fsp3) is 0.0833. The van der Waals surface area contributed by atoms with Crippen molar-refractivity contribution in [3.63, 3.8) is 0 Å². The Kier molecular flexibility index (Phi) is 3.00. The van der Waals surface area contributed by atoms with Gasteiger partial charge in [0.1, 0.15) is 0 Å². The summed E-state index contributed by atoms with van der Waals surface area (Å²) in [6, 6.07) is 9.32. The predicted octanol–water partition coefficient (Wildman–Crippen LogP) is 2.61. The SMILES string of the molecule is O=C(Cc1ccccc1[N+](=O)[O-])c1ccco1. The van der Waals surface area contributed by atoms with Gasteiger partial charge in [-0.05, 0) is 12.1 Å². The Bertz CT molecular complexity index is 545. The lowest BCUT2D eigenvalue weighted by Crippen LogP contribution is -2.04. The number of rotatable bonds is 4. The topological polar surface area (TPSA) is 73.3 Å². The van der Waals surface area contributed by atoms with E-state index >= 15 is 0 Å². The fourth-order valence-corrected chi connectivity index (χ4v) is 1.54. The van der Waals surface area contributed by atoms with Crippen molar-refractivity contribution in [3.05, 3.63) is 64.1 Å². The summed E-state index contributed by atoms with van der Waals surface area (Å²) in [5, 5.41) is 10.8. The molecule has 0 atom stereocenters. The van der Waals surface area contributed by atoms with Gasteiger partial charge in [0.15, 0.2) is 5.76 Å². The first-order valence-electron chi connectivity index (χ1n) is 4.97. The molecule has 17 heavy (non-hydrogen) atoms. The summed E-state index contributed by atoms with van der Waals surface area (Å²) in [4.78, 5) is 22.0. The lowest BCUT2D eigenvalue weighted by Gasteiger charge is -2.00. The van der Waals surface area contributed by atoms with Crippen LogP contribution in [-0.4, -0.2) is 10.7 Å². The van der Waals surface area contributed by atoms with Crippen LogP contribution in [0.5, 0.6) is 0 Å². The van der Waals surface area contributed by atoms with Gasteiger partial charge in [0.2, 0.25) is 5.78 Å². The third kappa shape index (κ3) is 2.39. The highest BCUT2D eigenvalue weighted by Crippen LogP contribution is 2.19. The Hall–Kier alpha value is -2.43. The Morgan fingerprint density at radius 2 is 2.00 bits per heavy atom. The number of para-hydroxylation sites is 1. The molecule has 2 aromatic rings. The highest BCUT2D eigenvalue weighted by molar-refractivity contribution is 5.95. The summed E-state index contributed by atoms with van der Waals surface area (Å²) in [5.74, 6) is -0.0625. The van der Waals surface area contributed by atoms with Gasteiger partial charge in [-0.15, -0.1) is 0 Å². The number of ketones is 1. The monoisotopic (exact) mass is 231 g/mol. The summed E-state index contributed by atoms with van der Waals surface area (Å²) in [5.41, 5.74) is 0.339. The fourth-order valence-electron chi connectivity index (χ4n) is 1.54. The van der Waals surface area contributed by atoms with Crippen LogP contribution >= 0.6 is 0 Å². The van der Waals surface area contributed by atoms with E-state index < -0.39 is 4.92 Å². The number of carbonyl (C=O) groups excluding carboxylic acids is 1. The molecule has 0 aliphatic heterocycles. The molecule has 0 aliphatic rings. The summed E-state index contributed by atoms with van der Waals surface area (Å²) in [7, 11) is 0. The number of nitrogens with zero attached hydrogens (tertiary/aromatic N) is 1. The third-order valence-electron chi connectivity index (χ3n) is 2.34. The van der Waals surface area contributed by atoms with Gasteiger partial charge in [0.05, 0.1) is 11.2 Å². The normalized spacial score (nSPS) is 10.1. The zero-order valence-corrected chi connectivity index (χ0v) is 8.83. The number of hydrogen-bond donors (Lipinski definition) is 0. The summed E-state index contributed by atoms with van der Waals surface area (Å²) in [6.45, 7) is 0. The highest BCUT2D eigenvalue weighted by atomic mass is 16.6. The third-order valence-corrected chi connectivity index (χ3v) is 2.34. The Balaban J connectivity index is 2.25. The number of Topliss-reactive ketones (excluding diaryl/α,β-unsaturated/α-hetero) is 1. The first-order valence-corrected chi connectivity index (χ1v) is 4.97. The van der Waals surface area contributed by atoms with E-state index in [2.05, 4.69) is 0 Å². The van der Waals surface area contributed by atoms with E-state index in [1.54, 1.807) is 24.3 Å². The lowest BCUT2D eigenvalue weighted by molar-refractivity contribution is -0.385. The van der Waals surface area contributed by atoms with Crippen molar-refractivity contribution in [2.24, 2.45) is 0 Å². The number of hydrogen-bond acceptors (Lipinski definition) is 4. The molecule has 0 bridgehead atoms. The molecule has 1 aromatic carbocycles. The average Bonchev–Trinajstić information content (AvgIpc) is 2.83. The zero-order valence-electron chi connectivity index (χ0n) is 8.83. The number of benzene rings is 1. The number of nitro groups is 1. The van der Waals surface area contributed by atoms with Crippen LogP contribution in [0.4, 0.5) is 5.69 Å². The molecule has 0 spiro atoms. The van der Waals surface area contributed by atoms with Crippen LogP contribution in [0.2, 0.25) is 0 Å². The van der Waals surface area contributed by atoms with E-state index in [1.807, 2.05) is 0 Å². The first kappa shape index (κ1) is 11.1. The molecule has 0 N–H and O–H groups in total. The molecule has 0 aliphatic carbocycles. The Morgan fingerprint density at radius 1 is 1.24 bits per heavy atom. The zero-order chi connectivity index (χ0) is 12.3. The van der Waals surface area contributed by atoms with Crippen LogP contribution in [-0.2, 0) is 6.42 Å². The molecule has 2 rings (SSSR count). The molecule has 0 saturated carbocycles. The minimum Gasteiger partial charge on any atom is -0.461 e. The van der Waals surface area contributed by atoms with Crippen molar-refractivity contribution in [2.45, 2.75) is 6.42 Å². The average molecular weight is 231 g/mol. The second kappa shape index (κ2) is 4.61. The van der Waals surface area contributed by atoms with Gasteiger partial charge in [0.25, 0.3) is 5.69 Å². The van der Waals surface area contributed by atoms with E-state index in [-0.39, 0.29) is 23.7 Å². The minimum absolute atomic E-state index is 0.0370. The molecular weight excluding hydrogens is 222 g/mol. The second-order valence-electron chi connectivity index (χ2n) is 3.46. The quantitative estimate of drug-likeness (QED) is 0.460. The standard InChI is InChI=1S/C12H9NO4/c14-11(12-6-3-7-17-12)8-9-4-1-2-5-10(9)13(15)16/h1-7H,8H2. The van der Waals surface area contributed by atoms with Crippen LogP contribution in [0.25, 0.3) is 0 Å². The van der Waals surface area contributed by atoms with Crippen molar-refractivity contribution in [1.82, 2.24) is 0 Å². The van der Waals surface area contributed by atoms with E-state index in [0.717, 1.165) is 0 Å². The van der Waals surface area contributed by atoms with Crippen molar-refractivity contribution in [3.8, 4) is 0 Å². The maximum absolute atomic E-state index is 11.7. The Morgan fingerprint density at radius 3 is 2.65 bits per heavy atom. The molecule has 0 radical (unpaired) electrons. The van der Waals surface area contributed by atoms with E-state index in [9.17, 15) is 14.9 Å². The number of carbonyl (C=O) groups is 1. The second-order valence-corrected chi connectivity index (χ2v) is 3.46. The van der Waals surface area contributed by atoms with Crippen molar-refractivity contribution in [2.75, 3.05) is 0 Å². The lowest BCUT2D eigenvalue weighted by atomic mass is 10.1. The van der Waals surface area contributed by atoms with Gasteiger partial charge >= 0.3 is 0 Å². The largest absolute Gasteiger partial charge is 0.461 e. The molecule has 5 nitrogen and oxygen atoms in total. The summed E-state index contributed by atoms with van der Waals surface area (Å²) >= 11 is 0. The molecular formula is C12H9NO4. The van der Waals surface area contributed by atoms with Crippen molar-refractivity contribution in [1.29, 1.82) is 0 Å². The summed E-state index contributed by atoms with van der Waals surface area (Å²) < 4.78 is 4.95. The molecule has 0 unspecified atom stereocenters. The molecule has 1 aromatic heterocycles. The maximum atomic E-state index is 11.7. The maximum Gasteiger partial charge on any atom is 0.273 e. The van der Waals surface area contributed by atoms with Gasteiger partial charge in [0, 0.05) is 18.1 Å². The highest BCUT2D eigenvalue weighted by Gasteiger charge is 2.17. The van der Waals surface area contributed by atoms with Gasteiger partial charge in [-0.1, -0.05) is 18.2 Å². The Labute approximate surface area is 96.8 Å². The molecule has 0 fully saturated rings. The van der Waals surface area contributed by atoms with Gasteiger partial charge < -0.3 is 4.42 Å². The van der Waals surface area contributed by atoms with Crippen LogP contribution in [0, 0.1) is 10.1 Å². The summed E-state index contributed by atoms with van der Waals surface area (Å²) in [6.07, 6.45) is 1.36. The van der Waals surface area contributed by atoms with Gasteiger partial charge in [-0.3, -0.25) is 14.9 Å². The first-order chi connectivity index (χ1) is 8.18. The van der Waals surface area contributed by atoms with Gasteiger partial charge in [-0.2, -0.15) is 0 Å². The molecule has 5 heteroatoms. The molecule has 0 saturated heterocycles. The molecule has 1 heterocycles. The van der Waals surface area contributed by atoms with Crippen LogP contribution in [0.15, 0.2) is 47.1 Å².